The van der Waals surface area contributed by atoms with Gasteiger partial charge in [-0.25, -0.2) is 4.98 Å². The van der Waals surface area contributed by atoms with Crippen LogP contribution < -0.4 is 4.90 Å². The predicted octanol–water partition coefficient (Wildman–Crippen LogP) is 4.14. The molecular formula is C22H23N3O. The summed E-state index contributed by atoms with van der Waals surface area (Å²) in [6.45, 7) is 6.33. The van der Waals surface area contributed by atoms with Gasteiger partial charge in [0, 0.05) is 17.3 Å². The van der Waals surface area contributed by atoms with Gasteiger partial charge in [0.2, 0.25) is 0 Å². The van der Waals surface area contributed by atoms with Gasteiger partial charge < -0.3 is 9.80 Å². The van der Waals surface area contributed by atoms with Crippen molar-refractivity contribution in [3.8, 4) is 0 Å². The molecule has 4 nitrogen and oxygen atoms in total. The number of likely N-dealkylation sites (tertiary alicyclic amines) is 1. The lowest BCUT2D eigenvalue weighted by Crippen LogP contribution is -2.31. The van der Waals surface area contributed by atoms with Crippen molar-refractivity contribution >= 4 is 33.4 Å². The summed E-state index contributed by atoms with van der Waals surface area (Å²) in [4.78, 5) is 22.6. The second-order valence-corrected chi connectivity index (χ2v) is 7.54. The molecule has 2 aliphatic rings. The Balaban J connectivity index is 1.54. The van der Waals surface area contributed by atoms with Gasteiger partial charge in [0.25, 0.3) is 5.91 Å². The molecule has 2 aromatic carbocycles. The summed E-state index contributed by atoms with van der Waals surface area (Å²) in [5.41, 5.74) is 4.85. The molecule has 0 bridgehead atoms. The van der Waals surface area contributed by atoms with Crippen molar-refractivity contribution in [1.82, 2.24) is 9.88 Å². The van der Waals surface area contributed by atoms with Gasteiger partial charge in [-0.15, -0.1) is 0 Å². The molecule has 0 unspecified atom stereocenters. The van der Waals surface area contributed by atoms with Crippen LogP contribution in [0.1, 0.15) is 35.2 Å². The third-order valence-electron chi connectivity index (χ3n) is 5.74. The molecular weight excluding hydrogens is 322 g/mol. The van der Waals surface area contributed by atoms with Crippen LogP contribution in [0.2, 0.25) is 0 Å². The second kappa shape index (κ2) is 6.06. The van der Waals surface area contributed by atoms with Gasteiger partial charge in [-0.05, 0) is 70.1 Å². The minimum absolute atomic E-state index is 0.135. The fourth-order valence-electron chi connectivity index (χ4n) is 4.46. The number of carbonyl (C=O) groups excluding carboxylic acids is 1. The van der Waals surface area contributed by atoms with E-state index in [1.54, 1.807) is 0 Å². The highest BCUT2D eigenvalue weighted by molar-refractivity contribution is 6.30. The van der Waals surface area contributed by atoms with Crippen LogP contribution in [0.5, 0.6) is 0 Å². The highest BCUT2D eigenvalue weighted by atomic mass is 16.2. The van der Waals surface area contributed by atoms with Crippen molar-refractivity contribution in [1.29, 1.82) is 0 Å². The number of hydrogen-bond acceptors (Lipinski definition) is 3. The van der Waals surface area contributed by atoms with E-state index in [1.807, 2.05) is 23.1 Å². The van der Waals surface area contributed by atoms with Crippen LogP contribution in [-0.4, -0.2) is 42.0 Å². The van der Waals surface area contributed by atoms with E-state index >= 15 is 0 Å². The van der Waals surface area contributed by atoms with Crippen LogP contribution in [0.3, 0.4) is 0 Å². The molecule has 132 valence electrons. The van der Waals surface area contributed by atoms with Crippen LogP contribution in [-0.2, 0) is 0 Å². The minimum atomic E-state index is 0.135. The summed E-state index contributed by atoms with van der Waals surface area (Å²) < 4.78 is 0. The topological polar surface area (TPSA) is 36.4 Å². The van der Waals surface area contributed by atoms with E-state index in [1.165, 1.54) is 25.9 Å². The number of carbonyl (C=O) groups is 1. The molecule has 0 aliphatic carbocycles. The van der Waals surface area contributed by atoms with E-state index in [2.05, 4.69) is 30.0 Å². The largest absolute Gasteiger partial charge is 0.308 e. The van der Waals surface area contributed by atoms with E-state index in [-0.39, 0.29) is 5.91 Å². The number of aromatic nitrogens is 1. The van der Waals surface area contributed by atoms with E-state index in [9.17, 15) is 4.79 Å². The van der Waals surface area contributed by atoms with Crippen LogP contribution in [0.25, 0.3) is 21.8 Å². The van der Waals surface area contributed by atoms with Gasteiger partial charge in [-0.1, -0.05) is 17.7 Å². The molecule has 5 rings (SSSR count). The Bertz CT molecular complexity index is 1020. The molecule has 0 N–H and O–H groups in total. The van der Waals surface area contributed by atoms with Crippen molar-refractivity contribution in [3.63, 3.8) is 0 Å². The zero-order chi connectivity index (χ0) is 17.7. The zero-order valence-electron chi connectivity index (χ0n) is 15.2. The van der Waals surface area contributed by atoms with Gasteiger partial charge in [0.1, 0.15) is 0 Å². The summed E-state index contributed by atoms with van der Waals surface area (Å²) >= 11 is 0. The molecule has 1 amide bonds. The number of amides is 1. The number of benzene rings is 2. The first-order chi connectivity index (χ1) is 12.7. The van der Waals surface area contributed by atoms with Gasteiger partial charge in [-0.2, -0.15) is 0 Å². The lowest BCUT2D eigenvalue weighted by atomic mass is 10.0. The highest BCUT2D eigenvalue weighted by Gasteiger charge is 2.32. The molecule has 0 saturated carbocycles. The van der Waals surface area contributed by atoms with Crippen molar-refractivity contribution in [2.45, 2.75) is 26.2 Å². The molecule has 4 heteroatoms. The Morgan fingerprint density at radius 2 is 1.88 bits per heavy atom. The Labute approximate surface area is 153 Å². The standard InChI is InChI=1S/C22H23N3O/c1-15-8-9-17-16(14-15)20-21-18(23-17)6-4-7-19(21)25(22(20)26)13-5-12-24-10-2-3-11-24/h4,6-9,14H,2-3,5,10-13H2,1H3. The van der Waals surface area contributed by atoms with E-state index in [0.717, 1.165) is 58.1 Å². The van der Waals surface area contributed by atoms with Gasteiger partial charge in [0.15, 0.2) is 0 Å². The number of nitrogens with zero attached hydrogens (tertiary/aromatic N) is 3. The average Bonchev–Trinajstić information content (AvgIpc) is 3.25. The Morgan fingerprint density at radius 3 is 2.73 bits per heavy atom. The number of aryl methyl sites for hydroxylation is 1. The number of rotatable bonds is 4. The van der Waals surface area contributed by atoms with Crippen molar-refractivity contribution in [2.75, 3.05) is 31.1 Å². The molecule has 0 spiro atoms. The maximum atomic E-state index is 13.3. The summed E-state index contributed by atoms with van der Waals surface area (Å²) in [7, 11) is 0. The fraction of sp³-hybridized carbons (Fsp3) is 0.364. The number of anilines is 1. The fourth-order valence-corrected chi connectivity index (χ4v) is 4.46. The number of fused-ring (bicyclic) bond motifs is 2. The van der Waals surface area contributed by atoms with Crippen LogP contribution in [0.15, 0.2) is 36.4 Å². The molecule has 1 aromatic heterocycles. The number of pyridine rings is 1. The van der Waals surface area contributed by atoms with Crippen LogP contribution in [0, 0.1) is 6.92 Å². The summed E-state index contributed by atoms with van der Waals surface area (Å²) in [5.74, 6) is 0.135. The SMILES string of the molecule is Cc1ccc2nc3cccc4c3c(c2c1)C(=O)N4CCCN1CCCC1. The second-order valence-electron chi connectivity index (χ2n) is 7.54. The summed E-state index contributed by atoms with van der Waals surface area (Å²) in [5, 5.41) is 2.01. The number of hydrogen-bond donors (Lipinski definition) is 0. The first-order valence-corrected chi connectivity index (χ1v) is 9.60. The maximum absolute atomic E-state index is 13.3. The Morgan fingerprint density at radius 1 is 1.04 bits per heavy atom. The monoisotopic (exact) mass is 345 g/mol. The molecule has 1 saturated heterocycles. The average molecular weight is 345 g/mol. The van der Waals surface area contributed by atoms with Crippen LogP contribution in [0.4, 0.5) is 5.69 Å². The van der Waals surface area contributed by atoms with Crippen LogP contribution >= 0.6 is 0 Å². The lowest BCUT2D eigenvalue weighted by molar-refractivity contribution is 0.0993. The quantitative estimate of drug-likeness (QED) is 0.667. The van der Waals surface area contributed by atoms with Crippen molar-refractivity contribution in [3.05, 3.63) is 47.5 Å². The maximum Gasteiger partial charge on any atom is 0.259 e. The molecule has 0 atom stereocenters. The predicted molar refractivity (Wildman–Crippen MR) is 106 cm³/mol. The molecule has 2 aliphatic heterocycles. The normalized spacial score (nSPS) is 17.1. The Kier molecular flexibility index (Phi) is 3.68. The minimum Gasteiger partial charge on any atom is -0.308 e. The Hall–Kier alpha value is -2.46. The van der Waals surface area contributed by atoms with E-state index in [0.29, 0.717) is 0 Å². The zero-order valence-corrected chi connectivity index (χ0v) is 15.2. The molecule has 26 heavy (non-hydrogen) atoms. The van der Waals surface area contributed by atoms with Gasteiger partial charge >= 0.3 is 0 Å². The van der Waals surface area contributed by atoms with Crippen molar-refractivity contribution < 1.29 is 4.79 Å². The summed E-state index contributed by atoms with van der Waals surface area (Å²) in [6, 6.07) is 12.3. The molecule has 0 radical (unpaired) electrons. The first kappa shape index (κ1) is 15.8. The van der Waals surface area contributed by atoms with E-state index in [4.69, 9.17) is 4.98 Å². The molecule has 3 aromatic rings. The van der Waals surface area contributed by atoms with Gasteiger partial charge in [-0.3, -0.25) is 4.79 Å². The summed E-state index contributed by atoms with van der Waals surface area (Å²) in [6.07, 6.45) is 3.63. The van der Waals surface area contributed by atoms with E-state index < -0.39 is 0 Å². The van der Waals surface area contributed by atoms with Gasteiger partial charge in [0.05, 0.1) is 22.3 Å². The smallest absolute Gasteiger partial charge is 0.259 e. The highest BCUT2D eigenvalue weighted by Crippen LogP contribution is 2.40. The van der Waals surface area contributed by atoms with Crippen molar-refractivity contribution in [2.24, 2.45) is 0 Å². The molecule has 1 fully saturated rings. The molecule has 3 heterocycles. The lowest BCUT2D eigenvalue weighted by Gasteiger charge is -2.20. The first-order valence-electron chi connectivity index (χ1n) is 9.60. The third kappa shape index (κ3) is 2.40. The third-order valence-corrected chi connectivity index (χ3v) is 5.74.